The summed E-state index contributed by atoms with van der Waals surface area (Å²) in [6, 6.07) is 3.78. The van der Waals surface area contributed by atoms with Crippen molar-refractivity contribution < 1.29 is 14.3 Å². The Kier molecular flexibility index (Phi) is 3.73. The summed E-state index contributed by atoms with van der Waals surface area (Å²) >= 11 is 6.52. The molecule has 1 aromatic rings. The van der Waals surface area contributed by atoms with Gasteiger partial charge in [0.15, 0.2) is 5.11 Å². The van der Waals surface area contributed by atoms with Crippen LogP contribution in [-0.4, -0.2) is 35.5 Å². The zero-order valence-corrected chi connectivity index (χ0v) is 11.1. The van der Waals surface area contributed by atoms with Crippen LogP contribution in [0.4, 0.5) is 0 Å². The highest BCUT2D eigenvalue weighted by atomic mass is 32.1. The van der Waals surface area contributed by atoms with Crippen molar-refractivity contribution in [3.63, 3.8) is 0 Å². The molecule has 1 amide bonds. The van der Waals surface area contributed by atoms with Crippen LogP contribution in [-0.2, 0) is 14.3 Å². The normalized spacial score (nSPS) is 17.2. The van der Waals surface area contributed by atoms with Gasteiger partial charge in [0, 0.05) is 4.88 Å². The lowest BCUT2D eigenvalue weighted by atomic mass is 10.3. The number of esters is 1. The van der Waals surface area contributed by atoms with Crippen LogP contribution in [0.2, 0.25) is 0 Å². The quantitative estimate of drug-likeness (QED) is 0.509. The van der Waals surface area contributed by atoms with Crippen LogP contribution in [0.1, 0.15) is 4.88 Å². The van der Waals surface area contributed by atoms with Crippen molar-refractivity contribution >= 4 is 46.6 Å². The van der Waals surface area contributed by atoms with Gasteiger partial charge >= 0.3 is 5.97 Å². The van der Waals surface area contributed by atoms with Gasteiger partial charge in [-0.05, 0) is 29.7 Å². The number of amides is 1. The molecule has 1 aliphatic heterocycles. The fourth-order valence-corrected chi connectivity index (χ4v) is 2.34. The summed E-state index contributed by atoms with van der Waals surface area (Å²) in [6.45, 7) is -0.178. The van der Waals surface area contributed by atoms with E-state index in [4.69, 9.17) is 12.2 Å². The maximum atomic E-state index is 12.0. The third kappa shape index (κ3) is 2.57. The second kappa shape index (κ2) is 5.28. The van der Waals surface area contributed by atoms with Gasteiger partial charge in [0.1, 0.15) is 12.2 Å². The van der Waals surface area contributed by atoms with E-state index >= 15 is 0 Å². The topological polar surface area (TPSA) is 58.6 Å². The molecule has 5 nitrogen and oxygen atoms in total. The predicted octanol–water partition coefficient (Wildman–Crippen LogP) is 0.979. The summed E-state index contributed by atoms with van der Waals surface area (Å²) < 4.78 is 4.51. The minimum absolute atomic E-state index is 0.178. The van der Waals surface area contributed by atoms with Crippen LogP contribution >= 0.6 is 23.6 Å². The lowest BCUT2D eigenvalue weighted by Crippen LogP contribution is -2.35. The highest BCUT2D eigenvalue weighted by Gasteiger charge is 2.32. The minimum Gasteiger partial charge on any atom is -0.468 e. The molecule has 0 atom stereocenters. The van der Waals surface area contributed by atoms with Gasteiger partial charge in [0.25, 0.3) is 5.91 Å². The number of carbonyl (C=O) groups excluding carboxylic acids is 2. The molecule has 0 radical (unpaired) electrons. The molecule has 18 heavy (non-hydrogen) atoms. The number of thiophene rings is 1. The number of hydrogen-bond acceptors (Lipinski definition) is 5. The Morgan fingerprint density at radius 3 is 3.06 bits per heavy atom. The van der Waals surface area contributed by atoms with E-state index in [9.17, 15) is 9.59 Å². The van der Waals surface area contributed by atoms with Gasteiger partial charge in [0.05, 0.1) is 7.11 Å². The van der Waals surface area contributed by atoms with Crippen molar-refractivity contribution in [2.24, 2.45) is 0 Å². The van der Waals surface area contributed by atoms with E-state index < -0.39 is 5.97 Å². The molecule has 1 aromatic heterocycles. The SMILES string of the molecule is COC(=O)CN1C(=O)/C(=C/c2cccs2)NC1=S. The van der Waals surface area contributed by atoms with Crippen LogP contribution in [0.5, 0.6) is 0 Å². The van der Waals surface area contributed by atoms with Crippen LogP contribution in [0.25, 0.3) is 6.08 Å². The summed E-state index contributed by atoms with van der Waals surface area (Å²) in [6.07, 6.45) is 1.70. The maximum absolute atomic E-state index is 12.0. The number of rotatable bonds is 3. The first kappa shape index (κ1) is 12.7. The first-order valence-corrected chi connectivity index (χ1v) is 6.35. The van der Waals surface area contributed by atoms with E-state index in [1.54, 1.807) is 6.08 Å². The summed E-state index contributed by atoms with van der Waals surface area (Å²) in [7, 11) is 1.27. The van der Waals surface area contributed by atoms with E-state index in [0.717, 1.165) is 4.88 Å². The second-order valence-corrected chi connectivity index (χ2v) is 4.84. The molecule has 0 saturated carbocycles. The van der Waals surface area contributed by atoms with Crippen molar-refractivity contribution in [1.29, 1.82) is 0 Å². The zero-order chi connectivity index (χ0) is 13.1. The van der Waals surface area contributed by atoms with E-state index in [2.05, 4.69) is 10.1 Å². The average Bonchev–Trinajstić information content (AvgIpc) is 2.94. The molecule has 2 rings (SSSR count). The van der Waals surface area contributed by atoms with Crippen LogP contribution in [0, 0.1) is 0 Å². The second-order valence-electron chi connectivity index (χ2n) is 3.47. The number of thiocarbonyl (C=S) groups is 1. The third-order valence-electron chi connectivity index (χ3n) is 2.31. The van der Waals surface area contributed by atoms with Crippen LogP contribution in [0.15, 0.2) is 23.2 Å². The van der Waals surface area contributed by atoms with Crippen molar-refractivity contribution in [2.45, 2.75) is 0 Å². The summed E-state index contributed by atoms with van der Waals surface area (Å²) in [5.41, 5.74) is 0.367. The zero-order valence-electron chi connectivity index (χ0n) is 9.50. The average molecular weight is 282 g/mol. The van der Waals surface area contributed by atoms with Gasteiger partial charge < -0.3 is 10.1 Å². The Bertz CT molecular complexity index is 522. The molecule has 7 heteroatoms. The van der Waals surface area contributed by atoms with Crippen molar-refractivity contribution in [3.05, 3.63) is 28.1 Å². The standard InChI is InChI=1S/C11H10N2O3S2/c1-16-9(14)6-13-10(15)8(12-11(13)17)5-7-3-2-4-18-7/h2-5H,6H2,1H3,(H,12,17)/b8-5-. The lowest BCUT2D eigenvalue weighted by molar-refractivity contribution is -0.143. The fourth-order valence-electron chi connectivity index (χ4n) is 1.42. The number of hydrogen-bond donors (Lipinski definition) is 1. The first-order valence-electron chi connectivity index (χ1n) is 5.06. The number of methoxy groups -OCH3 is 1. The fraction of sp³-hybridized carbons (Fsp3) is 0.182. The summed E-state index contributed by atoms with van der Waals surface area (Å²) in [5, 5.41) is 4.92. The van der Waals surface area contributed by atoms with Crippen molar-refractivity contribution in [1.82, 2.24) is 10.2 Å². The van der Waals surface area contributed by atoms with E-state index in [1.807, 2.05) is 17.5 Å². The number of nitrogens with one attached hydrogen (secondary N) is 1. The van der Waals surface area contributed by atoms with Gasteiger partial charge in [-0.15, -0.1) is 11.3 Å². The van der Waals surface area contributed by atoms with Crippen LogP contribution in [0.3, 0.4) is 0 Å². The molecule has 2 heterocycles. The van der Waals surface area contributed by atoms with Crippen molar-refractivity contribution in [3.8, 4) is 0 Å². The Hall–Kier alpha value is -1.73. The molecule has 1 aliphatic rings. The van der Waals surface area contributed by atoms with E-state index in [1.165, 1.54) is 23.3 Å². The van der Waals surface area contributed by atoms with Crippen LogP contribution < -0.4 is 5.32 Å². The Morgan fingerprint density at radius 2 is 2.44 bits per heavy atom. The molecule has 0 bridgehead atoms. The monoisotopic (exact) mass is 282 g/mol. The molecular formula is C11H10N2O3S2. The molecule has 0 spiro atoms. The van der Waals surface area contributed by atoms with E-state index in [-0.39, 0.29) is 17.6 Å². The minimum atomic E-state index is -0.509. The lowest BCUT2D eigenvalue weighted by Gasteiger charge is -2.11. The summed E-state index contributed by atoms with van der Waals surface area (Å²) in [4.78, 5) is 25.3. The van der Waals surface area contributed by atoms with Crippen molar-refractivity contribution in [2.75, 3.05) is 13.7 Å². The molecule has 0 aliphatic carbocycles. The predicted molar refractivity (Wildman–Crippen MR) is 71.8 cm³/mol. The summed E-state index contributed by atoms with van der Waals surface area (Å²) in [5.74, 6) is -0.830. The highest BCUT2D eigenvalue weighted by Crippen LogP contribution is 2.17. The smallest absolute Gasteiger partial charge is 0.325 e. The number of ether oxygens (including phenoxy) is 1. The Morgan fingerprint density at radius 1 is 1.67 bits per heavy atom. The number of carbonyl (C=O) groups is 2. The maximum Gasteiger partial charge on any atom is 0.325 e. The van der Waals surface area contributed by atoms with Gasteiger partial charge in [-0.3, -0.25) is 14.5 Å². The third-order valence-corrected chi connectivity index (χ3v) is 3.45. The molecule has 1 fully saturated rings. The Labute approximate surface area is 113 Å². The molecule has 94 valence electrons. The molecular weight excluding hydrogens is 272 g/mol. The van der Waals surface area contributed by atoms with Gasteiger partial charge in [0.2, 0.25) is 0 Å². The van der Waals surface area contributed by atoms with Gasteiger partial charge in [-0.1, -0.05) is 6.07 Å². The van der Waals surface area contributed by atoms with Gasteiger partial charge in [-0.25, -0.2) is 0 Å². The molecule has 0 aromatic carbocycles. The molecule has 0 unspecified atom stereocenters. The molecule has 1 N–H and O–H groups in total. The first-order chi connectivity index (χ1) is 8.61. The number of nitrogens with zero attached hydrogens (tertiary/aromatic N) is 1. The van der Waals surface area contributed by atoms with Gasteiger partial charge in [-0.2, -0.15) is 0 Å². The Balaban J connectivity index is 2.16. The largest absolute Gasteiger partial charge is 0.468 e. The van der Waals surface area contributed by atoms with E-state index in [0.29, 0.717) is 5.70 Å². The molecule has 1 saturated heterocycles. The highest BCUT2D eigenvalue weighted by molar-refractivity contribution is 7.80.